The van der Waals surface area contributed by atoms with Gasteiger partial charge in [0.1, 0.15) is 15.9 Å². The molecule has 3 heterocycles. The van der Waals surface area contributed by atoms with Crippen LogP contribution in [0.25, 0.3) is 0 Å². The third kappa shape index (κ3) is 4.50. The molecule has 1 fully saturated rings. The van der Waals surface area contributed by atoms with Gasteiger partial charge in [0.25, 0.3) is 0 Å². The van der Waals surface area contributed by atoms with Crippen LogP contribution in [0.4, 0.5) is 5.82 Å². The first-order chi connectivity index (χ1) is 12.9. The Morgan fingerprint density at radius 2 is 2.00 bits per heavy atom. The molecule has 8 heteroatoms. The molecule has 27 heavy (non-hydrogen) atoms. The number of hydrogen-bond donors (Lipinski definition) is 1. The Bertz CT molecular complexity index is 826. The van der Waals surface area contributed by atoms with Crippen LogP contribution >= 0.6 is 35.0 Å². The van der Waals surface area contributed by atoms with Crippen LogP contribution in [0.1, 0.15) is 38.1 Å². The molecule has 0 aromatic carbocycles. The summed E-state index contributed by atoms with van der Waals surface area (Å²) < 4.78 is 0. The van der Waals surface area contributed by atoms with E-state index in [0.717, 1.165) is 42.3 Å². The lowest BCUT2D eigenvalue weighted by molar-refractivity contribution is 0.272. The van der Waals surface area contributed by atoms with Crippen molar-refractivity contribution in [2.45, 2.75) is 50.1 Å². The Kier molecular flexibility index (Phi) is 6.51. The summed E-state index contributed by atoms with van der Waals surface area (Å²) in [7, 11) is 0. The van der Waals surface area contributed by atoms with E-state index < -0.39 is 0 Å². The van der Waals surface area contributed by atoms with Crippen molar-refractivity contribution in [1.82, 2.24) is 15.0 Å². The summed E-state index contributed by atoms with van der Waals surface area (Å²) in [6.45, 7) is 7.98. The van der Waals surface area contributed by atoms with Gasteiger partial charge in [-0.05, 0) is 37.7 Å². The molecule has 0 bridgehead atoms. The van der Waals surface area contributed by atoms with E-state index in [1.807, 2.05) is 6.92 Å². The molecule has 3 rings (SSSR count). The van der Waals surface area contributed by atoms with Gasteiger partial charge in [-0.25, -0.2) is 15.0 Å². The Morgan fingerprint density at radius 3 is 2.63 bits per heavy atom. The van der Waals surface area contributed by atoms with E-state index in [1.165, 1.54) is 11.8 Å². The van der Waals surface area contributed by atoms with E-state index in [4.69, 9.17) is 28.2 Å². The molecular formula is C19H23Cl2N4OS. The van der Waals surface area contributed by atoms with Gasteiger partial charge in [0.05, 0.1) is 17.3 Å². The van der Waals surface area contributed by atoms with E-state index in [0.29, 0.717) is 15.7 Å². The van der Waals surface area contributed by atoms with Crippen molar-refractivity contribution in [2.75, 3.05) is 18.0 Å². The first-order valence-corrected chi connectivity index (χ1v) is 10.5. The number of aryl methyl sites for hydroxylation is 1. The highest BCUT2D eigenvalue weighted by atomic mass is 35.5. The van der Waals surface area contributed by atoms with Crippen LogP contribution in [-0.2, 0) is 6.61 Å². The third-order valence-corrected chi connectivity index (χ3v) is 7.17. The lowest BCUT2D eigenvalue weighted by atomic mass is 9.78. The molecule has 145 valence electrons. The van der Waals surface area contributed by atoms with E-state index in [9.17, 15) is 5.11 Å². The SMILES string of the molecule is C[CH]C1(C)CCN(c2nc(C)c(Sc3ccnc(Cl)c3Cl)nc2CO)CC1. The van der Waals surface area contributed by atoms with Gasteiger partial charge in [-0.15, -0.1) is 0 Å². The Hall–Kier alpha value is -1.08. The average Bonchev–Trinajstić information content (AvgIpc) is 2.67. The molecule has 0 spiro atoms. The summed E-state index contributed by atoms with van der Waals surface area (Å²) in [6, 6.07) is 1.79. The predicted octanol–water partition coefficient (Wildman–Crippen LogP) is 4.96. The number of nitrogens with zero attached hydrogens (tertiary/aromatic N) is 4. The van der Waals surface area contributed by atoms with E-state index >= 15 is 0 Å². The van der Waals surface area contributed by atoms with Crippen molar-refractivity contribution in [3.8, 4) is 0 Å². The molecule has 1 aliphatic heterocycles. The molecule has 0 saturated carbocycles. The number of aromatic nitrogens is 3. The molecule has 2 aromatic heterocycles. The van der Waals surface area contributed by atoms with Crippen LogP contribution < -0.4 is 4.90 Å². The number of aliphatic hydroxyl groups excluding tert-OH is 1. The Balaban J connectivity index is 1.87. The van der Waals surface area contributed by atoms with Crippen molar-refractivity contribution >= 4 is 40.8 Å². The minimum Gasteiger partial charge on any atom is -0.390 e. The highest BCUT2D eigenvalue weighted by molar-refractivity contribution is 7.99. The first-order valence-electron chi connectivity index (χ1n) is 8.88. The molecule has 0 amide bonds. The summed E-state index contributed by atoms with van der Waals surface area (Å²) in [5.74, 6) is 0.774. The van der Waals surface area contributed by atoms with Crippen LogP contribution in [0.15, 0.2) is 22.2 Å². The van der Waals surface area contributed by atoms with Crippen molar-refractivity contribution in [3.63, 3.8) is 0 Å². The number of aliphatic hydroxyl groups is 1. The van der Waals surface area contributed by atoms with Gasteiger partial charge >= 0.3 is 0 Å². The van der Waals surface area contributed by atoms with Crippen molar-refractivity contribution < 1.29 is 5.11 Å². The van der Waals surface area contributed by atoms with Crippen LogP contribution in [0.2, 0.25) is 10.2 Å². The summed E-state index contributed by atoms with van der Waals surface area (Å²) in [4.78, 5) is 16.4. The maximum absolute atomic E-state index is 9.88. The number of rotatable bonds is 5. The maximum Gasteiger partial charge on any atom is 0.153 e. The minimum atomic E-state index is -0.158. The number of piperidine rings is 1. The lowest BCUT2D eigenvalue weighted by Gasteiger charge is -2.39. The van der Waals surface area contributed by atoms with Crippen LogP contribution in [0, 0.1) is 18.8 Å². The quantitative estimate of drug-likeness (QED) is 0.682. The van der Waals surface area contributed by atoms with Crippen LogP contribution in [-0.4, -0.2) is 33.1 Å². The highest BCUT2D eigenvalue weighted by Crippen LogP contribution is 2.38. The van der Waals surface area contributed by atoms with E-state index in [1.54, 1.807) is 12.3 Å². The zero-order chi connectivity index (χ0) is 19.6. The number of hydrogen-bond acceptors (Lipinski definition) is 6. The summed E-state index contributed by atoms with van der Waals surface area (Å²) in [5.41, 5.74) is 1.65. The molecular weight excluding hydrogens is 403 g/mol. The molecule has 1 radical (unpaired) electrons. The lowest BCUT2D eigenvalue weighted by Crippen LogP contribution is -2.39. The fraction of sp³-hybridized carbons (Fsp3) is 0.474. The normalized spacial score (nSPS) is 16.6. The maximum atomic E-state index is 9.88. The van der Waals surface area contributed by atoms with Crippen molar-refractivity contribution in [3.05, 3.63) is 40.2 Å². The molecule has 5 nitrogen and oxygen atoms in total. The average molecular weight is 426 g/mol. The summed E-state index contributed by atoms with van der Waals surface area (Å²) in [6.07, 6.45) is 6.03. The third-order valence-electron chi connectivity index (χ3n) is 5.15. The number of halogens is 2. The van der Waals surface area contributed by atoms with Gasteiger partial charge in [0.2, 0.25) is 0 Å². The molecule has 0 aliphatic carbocycles. The summed E-state index contributed by atoms with van der Waals surface area (Å²) >= 11 is 13.6. The van der Waals surface area contributed by atoms with Crippen LogP contribution in [0.3, 0.4) is 0 Å². The standard InChI is InChI=1S/C19H23Cl2N4OS/c1-4-19(3)6-9-25(10-7-19)17-13(11-26)24-18(12(2)23-17)27-14-5-8-22-16(21)15(14)20/h4-5,8,26H,6-7,9-11H2,1-3H3. The molecule has 1 aliphatic rings. The monoisotopic (exact) mass is 425 g/mol. The molecule has 1 N–H and O–H groups in total. The minimum absolute atomic E-state index is 0.158. The van der Waals surface area contributed by atoms with Crippen molar-refractivity contribution in [2.24, 2.45) is 5.41 Å². The number of anilines is 1. The second kappa shape index (κ2) is 8.52. The van der Waals surface area contributed by atoms with Gasteiger partial charge < -0.3 is 10.0 Å². The molecule has 2 aromatic rings. The summed E-state index contributed by atoms with van der Waals surface area (Å²) in [5, 5.41) is 11.2. The molecule has 1 saturated heterocycles. The van der Waals surface area contributed by atoms with Gasteiger partial charge in [-0.2, -0.15) is 0 Å². The van der Waals surface area contributed by atoms with Gasteiger partial charge in [0.15, 0.2) is 5.82 Å². The number of pyridine rings is 1. The molecule has 0 atom stereocenters. The van der Waals surface area contributed by atoms with E-state index in [2.05, 4.69) is 35.1 Å². The Labute approximate surface area is 174 Å². The zero-order valence-corrected chi connectivity index (χ0v) is 18.0. The predicted molar refractivity (Wildman–Crippen MR) is 111 cm³/mol. The highest BCUT2D eigenvalue weighted by Gasteiger charge is 2.30. The van der Waals surface area contributed by atoms with E-state index in [-0.39, 0.29) is 17.2 Å². The van der Waals surface area contributed by atoms with Gasteiger partial charge in [0, 0.05) is 24.2 Å². The fourth-order valence-electron chi connectivity index (χ4n) is 3.08. The fourth-order valence-corrected chi connectivity index (χ4v) is 4.40. The smallest absolute Gasteiger partial charge is 0.153 e. The van der Waals surface area contributed by atoms with Crippen molar-refractivity contribution in [1.29, 1.82) is 0 Å². The molecule has 0 unspecified atom stereocenters. The topological polar surface area (TPSA) is 62.1 Å². The largest absolute Gasteiger partial charge is 0.390 e. The first kappa shape index (κ1) is 20.6. The second-order valence-electron chi connectivity index (χ2n) is 6.99. The van der Waals surface area contributed by atoms with Gasteiger partial charge in [-0.3, -0.25) is 0 Å². The van der Waals surface area contributed by atoms with Gasteiger partial charge in [-0.1, -0.05) is 48.8 Å². The zero-order valence-electron chi connectivity index (χ0n) is 15.7. The second-order valence-corrected chi connectivity index (χ2v) is 8.75. The Morgan fingerprint density at radius 1 is 1.30 bits per heavy atom. The van der Waals surface area contributed by atoms with Crippen LogP contribution in [0.5, 0.6) is 0 Å².